The van der Waals surface area contributed by atoms with Crippen molar-refractivity contribution in [3.63, 3.8) is 0 Å². The Labute approximate surface area is 109 Å². The van der Waals surface area contributed by atoms with Gasteiger partial charge in [-0.1, -0.05) is 19.1 Å². The van der Waals surface area contributed by atoms with Gasteiger partial charge in [-0.3, -0.25) is 4.79 Å². The fourth-order valence-corrected chi connectivity index (χ4v) is 1.70. The van der Waals surface area contributed by atoms with Crippen molar-refractivity contribution >= 4 is 5.91 Å². The molecule has 1 unspecified atom stereocenters. The van der Waals surface area contributed by atoms with E-state index in [4.69, 9.17) is 10.5 Å². The largest absolute Gasteiger partial charge is 0.377 e. The smallest absolute Gasteiger partial charge is 0.251 e. The molecule has 4 nitrogen and oxygen atoms in total. The average molecular weight is 250 g/mol. The maximum absolute atomic E-state index is 11.9. The first-order valence-electron chi connectivity index (χ1n) is 6.40. The van der Waals surface area contributed by atoms with Crippen molar-refractivity contribution in [1.29, 1.82) is 0 Å². The Kier molecular flexibility index (Phi) is 6.39. The minimum atomic E-state index is -0.0801. The molecule has 0 aliphatic carbocycles. The van der Waals surface area contributed by atoms with Crippen LogP contribution in [0.4, 0.5) is 0 Å². The van der Waals surface area contributed by atoms with E-state index in [0.717, 1.165) is 12.0 Å². The van der Waals surface area contributed by atoms with E-state index in [0.29, 0.717) is 25.3 Å². The standard InChI is InChI=1S/C14H22N2O2/c1-3-13(18-4-2)10-16-14(17)12-7-5-6-11(8-12)9-15/h5-8,13H,3-4,9-10,15H2,1-2H3,(H,16,17). The Morgan fingerprint density at radius 1 is 1.44 bits per heavy atom. The van der Waals surface area contributed by atoms with Crippen LogP contribution in [0.1, 0.15) is 36.2 Å². The zero-order valence-electron chi connectivity index (χ0n) is 11.1. The van der Waals surface area contributed by atoms with Crippen LogP contribution < -0.4 is 11.1 Å². The van der Waals surface area contributed by atoms with Gasteiger partial charge in [-0.2, -0.15) is 0 Å². The van der Waals surface area contributed by atoms with E-state index in [1.165, 1.54) is 0 Å². The zero-order valence-corrected chi connectivity index (χ0v) is 11.1. The summed E-state index contributed by atoms with van der Waals surface area (Å²) in [6, 6.07) is 7.36. The van der Waals surface area contributed by atoms with Crippen LogP contribution in [0.3, 0.4) is 0 Å². The van der Waals surface area contributed by atoms with E-state index in [1.54, 1.807) is 6.07 Å². The predicted octanol–water partition coefficient (Wildman–Crippen LogP) is 1.69. The molecule has 0 aromatic heterocycles. The molecule has 1 aromatic carbocycles. The second kappa shape index (κ2) is 7.84. The van der Waals surface area contributed by atoms with Gasteiger partial charge in [0.1, 0.15) is 0 Å². The molecular formula is C14H22N2O2. The predicted molar refractivity (Wildman–Crippen MR) is 72.4 cm³/mol. The Bertz CT molecular complexity index is 380. The molecule has 1 rings (SSSR count). The van der Waals surface area contributed by atoms with Gasteiger partial charge in [0.25, 0.3) is 5.91 Å². The molecule has 1 atom stereocenters. The highest BCUT2D eigenvalue weighted by molar-refractivity contribution is 5.94. The van der Waals surface area contributed by atoms with E-state index in [-0.39, 0.29) is 12.0 Å². The summed E-state index contributed by atoms with van der Waals surface area (Å²) in [7, 11) is 0. The third-order valence-corrected chi connectivity index (χ3v) is 2.77. The van der Waals surface area contributed by atoms with E-state index in [2.05, 4.69) is 5.32 Å². The lowest BCUT2D eigenvalue weighted by molar-refractivity contribution is 0.0569. The number of carbonyl (C=O) groups is 1. The van der Waals surface area contributed by atoms with Crippen molar-refractivity contribution in [2.75, 3.05) is 13.2 Å². The maximum atomic E-state index is 11.9. The minimum Gasteiger partial charge on any atom is -0.377 e. The van der Waals surface area contributed by atoms with Gasteiger partial charge in [-0.25, -0.2) is 0 Å². The summed E-state index contributed by atoms with van der Waals surface area (Å²) in [5, 5.41) is 2.88. The third kappa shape index (κ3) is 4.47. The second-order valence-electron chi connectivity index (χ2n) is 4.10. The summed E-state index contributed by atoms with van der Waals surface area (Å²) in [6.45, 7) is 5.64. The fourth-order valence-electron chi connectivity index (χ4n) is 1.70. The number of nitrogens with one attached hydrogen (secondary N) is 1. The van der Waals surface area contributed by atoms with Gasteiger partial charge < -0.3 is 15.8 Å². The third-order valence-electron chi connectivity index (χ3n) is 2.77. The van der Waals surface area contributed by atoms with Crippen molar-refractivity contribution in [3.8, 4) is 0 Å². The van der Waals surface area contributed by atoms with Gasteiger partial charge in [-0.05, 0) is 31.0 Å². The van der Waals surface area contributed by atoms with Crippen molar-refractivity contribution in [2.45, 2.75) is 32.9 Å². The quantitative estimate of drug-likeness (QED) is 0.774. The second-order valence-corrected chi connectivity index (χ2v) is 4.10. The molecule has 0 saturated heterocycles. The average Bonchev–Trinajstić information content (AvgIpc) is 2.43. The van der Waals surface area contributed by atoms with Crippen molar-refractivity contribution in [3.05, 3.63) is 35.4 Å². The lowest BCUT2D eigenvalue weighted by atomic mass is 10.1. The Morgan fingerprint density at radius 2 is 2.22 bits per heavy atom. The molecule has 100 valence electrons. The van der Waals surface area contributed by atoms with Crippen LogP contribution in [0.5, 0.6) is 0 Å². The first-order valence-corrected chi connectivity index (χ1v) is 6.40. The number of amides is 1. The minimum absolute atomic E-state index is 0.0801. The molecule has 3 N–H and O–H groups in total. The van der Waals surface area contributed by atoms with Crippen LogP contribution in [-0.2, 0) is 11.3 Å². The summed E-state index contributed by atoms with van der Waals surface area (Å²) in [6.07, 6.45) is 0.966. The number of hydrogen-bond donors (Lipinski definition) is 2. The van der Waals surface area contributed by atoms with Crippen LogP contribution in [0.25, 0.3) is 0 Å². The highest BCUT2D eigenvalue weighted by Crippen LogP contribution is 2.05. The summed E-state index contributed by atoms with van der Waals surface area (Å²) < 4.78 is 5.49. The molecule has 0 aliphatic heterocycles. The highest BCUT2D eigenvalue weighted by Gasteiger charge is 2.10. The Morgan fingerprint density at radius 3 is 2.83 bits per heavy atom. The van der Waals surface area contributed by atoms with E-state index in [1.807, 2.05) is 32.0 Å². The summed E-state index contributed by atoms with van der Waals surface area (Å²) in [5.41, 5.74) is 7.15. The first-order chi connectivity index (χ1) is 8.71. The van der Waals surface area contributed by atoms with Crippen molar-refractivity contribution in [1.82, 2.24) is 5.32 Å². The molecular weight excluding hydrogens is 228 g/mol. The lowest BCUT2D eigenvalue weighted by Gasteiger charge is -2.15. The van der Waals surface area contributed by atoms with Gasteiger partial charge >= 0.3 is 0 Å². The lowest BCUT2D eigenvalue weighted by Crippen LogP contribution is -2.33. The molecule has 4 heteroatoms. The van der Waals surface area contributed by atoms with E-state index >= 15 is 0 Å². The Balaban J connectivity index is 2.53. The van der Waals surface area contributed by atoms with Crippen molar-refractivity contribution in [2.24, 2.45) is 5.73 Å². The number of hydrogen-bond acceptors (Lipinski definition) is 3. The summed E-state index contributed by atoms with van der Waals surface area (Å²) in [4.78, 5) is 11.9. The number of ether oxygens (including phenoxy) is 1. The number of nitrogens with two attached hydrogens (primary N) is 1. The van der Waals surface area contributed by atoms with E-state index in [9.17, 15) is 4.79 Å². The molecule has 0 bridgehead atoms. The molecule has 0 saturated carbocycles. The molecule has 0 radical (unpaired) electrons. The molecule has 0 fully saturated rings. The first kappa shape index (κ1) is 14.7. The van der Waals surface area contributed by atoms with Crippen molar-refractivity contribution < 1.29 is 9.53 Å². The molecule has 0 heterocycles. The van der Waals surface area contributed by atoms with Crippen LogP contribution in [-0.4, -0.2) is 25.2 Å². The number of rotatable bonds is 7. The monoisotopic (exact) mass is 250 g/mol. The van der Waals surface area contributed by atoms with Crippen LogP contribution in [0.15, 0.2) is 24.3 Å². The number of benzene rings is 1. The van der Waals surface area contributed by atoms with Gasteiger partial charge in [0, 0.05) is 25.3 Å². The highest BCUT2D eigenvalue weighted by atomic mass is 16.5. The molecule has 0 spiro atoms. The van der Waals surface area contributed by atoms with Gasteiger partial charge in [0.2, 0.25) is 0 Å². The van der Waals surface area contributed by atoms with Gasteiger partial charge in [0.15, 0.2) is 0 Å². The normalized spacial score (nSPS) is 12.2. The zero-order chi connectivity index (χ0) is 13.4. The van der Waals surface area contributed by atoms with Crippen LogP contribution >= 0.6 is 0 Å². The SMILES string of the molecule is CCOC(CC)CNC(=O)c1cccc(CN)c1. The Hall–Kier alpha value is -1.39. The molecule has 18 heavy (non-hydrogen) atoms. The van der Waals surface area contributed by atoms with Gasteiger partial charge in [-0.15, -0.1) is 0 Å². The summed E-state index contributed by atoms with van der Waals surface area (Å²) >= 11 is 0. The molecule has 1 amide bonds. The molecule has 0 aliphatic rings. The molecule has 1 aromatic rings. The fraction of sp³-hybridized carbons (Fsp3) is 0.500. The van der Waals surface area contributed by atoms with Gasteiger partial charge in [0.05, 0.1) is 6.10 Å². The summed E-state index contributed by atoms with van der Waals surface area (Å²) in [5.74, 6) is -0.0801. The van der Waals surface area contributed by atoms with Crippen LogP contribution in [0.2, 0.25) is 0 Å². The topological polar surface area (TPSA) is 64.3 Å². The number of carbonyl (C=O) groups excluding carboxylic acids is 1. The maximum Gasteiger partial charge on any atom is 0.251 e. The van der Waals surface area contributed by atoms with E-state index < -0.39 is 0 Å². The van der Waals surface area contributed by atoms with Crippen LogP contribution in [0, 0.1) is 0 Å².